The van der Waals surface area contributed by atoms with Gasteiger partial charge in [-0.05, 0) is 64.7 Å². The zero-order valence-corrected chi connectivity index (χ0v) is 31.1. The summed E-state index contributed by atoms with van der Waals surface area (Å²) in [6, 6.07) is -5.68. The van der Waals surface area contributed by atoms with Gasteiger partial charge in [-0.15, -0.1) is 0 Å². The maximum atomic E-state index is 13.7. The third kappa shape index (κ3) is 20.6. The number of rotatable bonds is 26. The first-order valence-electron chi connectivity index (χ1n) is 18.1. The molecule has 0 radical (unpaired) electrons. The van der Waals surface area contributed by atoms with Crippen molar-refractivity contribution in [1.29, 1.82) is 0 Å². The second-order valence-electron chi connectivity index (χ2n) is 13.2. The predicted octanol–water partition coefficient (Wildman–Crippen LogP) is -4.25. The molecule has 1 aliphatic rings. The van der Waals surface area contributed by atoms with Gasteiger partial charge in [0.05, 0.1) is 6.04 Å². The number of nitrogens with zero attached hydrogens (tertiary/aromatic N) is 3. The maximum Gasteiger partial charge on any atom is 0.326 e. The molecule has 0 aromatic heterocycles. The number of nitrogens with one attached hydrogen (secondary N) is 5. The maximum absolute atomic E-state index is 13.7. The van der Waals surface area contributed by atoms with E-state index in [1.54, 1.807) is 6.92 Å². The average molecular weight is 768 g/mol. The molecule has 0 bridgehead atoms. The Balaban J connectivity index is 3.24. The molecule has 0 aliphatic heterocycles. The molecule has 5 atom stereocenters. The van der Waals surface area contributed by atoms with Gasteiger partial charge in [0.15, 0.2) is 17.9 Å². The number of hydrogen-bond acceptors (Lipinski definition) is 10. The molecule has 22 heteroatoms. The van der Waals surface area contributed by atoms with Crippen LogP contribution in [0.2, 0.25) is 0 Å². The quantitative estimate of drug-likeness (QED) is 0.0225. The Bertz CT molecular complexity index is 1330. The van der Waals surface area contributed by atoms with E-state index in [0.717, 1.165) is 32.1 Å². The number of guanidine groups is 3. The van der Waals surface area contributed by atoms with Gasteiger partial charge < -0.3 is 71.8 Å². The van der Waals surface area contributed by atoms with E-state index in [2.05, 4.69) is 41.6 Å². The van der Waals surface area contributed by atoms with Crippen molar-refractivity contribution in [3.8, 4) is 0 Å². The van der Waals surface area contributed by atoms with Gasteiger partial charge in [0.1, 0.15) is 24.2 Å². The normalized spacial score (nSPS) is 15.5. The molecule has 22 nitrogen and oxygen atoms in total. The minimum absolute atomic E-state index is 0.0328. The zero-order chi connectivity index (χ0) is 40.6. The highest BCUT2D eigenvalue weighted by Gasteiger charge is 2.32. The molecule has 20 N–H and O–H groups in total. The van der Waals surface area contributed by atoms with Gasteiger partial charge in [-0.2, -0.15) is 0 Å². The van der Waals surface area contributed by atoms with E-state index in [9.17, 15) is 33.9 Å². The Labute approximate surface area is 315 Å². The van der Waals surface area contributed by atoms with Crippen LogP contribution in [0.4, 0.5) is 0 Å². The van der Waals surface area contributed by atoms with Crippen molar-refractivity contribution < 1.29 is 33.9 Å². The van der Waals surface area contributed by atoms with Gasteiger partial charge in [-0.25, -0.2) is 4.79 Å². The van der Waals surface area contributed by atoms with Crippen molar-refractivity contribution >= 4 is 53.4 Å². The molecule has 1 rings (SSSR count). The van der Waals surface area contributed by atoms with Crippen LogP contribution in [-0.2, 0) is 28.8 Å². The van der Waals surface area contributed by atoms with Crippen LogP contribution in [0, 0.1) is 0 Å². The van der Waals surface area contributed by atoms with E-state index in [0.29, 0.717) is 0 Å². The first-order valence-corrected chi connectivity index (χ1v) is 18.1. The van der Waals surface area contributed by atoms with Crippen LogP contribution in [-0.4, -0.2) is 114 Å². The summed E-state index contributed by atoms with van der Waals surface area (Å²) >= 11 is 0. The summed E-state index contributed by atoms with van der Waals surface area (Å²) in [6.45, 7) is 2.05. The second kappa shape index (κ2) is 25.5. The van der Waals surface area contributed by atoms with Crippen LogP contribution in [0.15, 0.2) is 15.0 Å². The first-order chi connectivity index (χ1) is 25.5. The summed E-state index contributed by atoms with van der Waals surface area (Å²) in [5.41, 5.74) is 37.6. The summed E-state index contributed by atoms with van der Waals surface area (Å²) in [4.78, 5) is 89.4. The van der Waals surface area contributed by atoms with Crippen LogP contribution in [0.3, 0.4) is 0 Å². The van der Waals surface area contributed by atoms with Crippen molar-refractivity contribution in [3.05, 3.63) is 0 Å². The van der Waals surface area contributed by atoms with Gasteiger partial charge in [-0.1, -0.05) is 19.3 Å². The number of carbonyl (C=O) groups excluding carboxylic acids is 5. The summed E-state index contributed by atoms with van der Waals surface area (Å²) < 4.78 is 0. The number of carboxylic acids is 1. The zero-order valence-electron chi connectivity index (χ0n) is 31.1. The molecule has 0 heterocycles. The Kier molecular flexibility index (Phi) is 22.1. The number of hydrogen-bond donors (Lipinski definition) is 13. The summed E-state index contributed by atoms with van der Waals surface area (Å²) in [5.74, 6) is -5.51. The number of primary amides is 1. The molecular weight excluding hydrogens is 706 g/mol. The van der Waals surface area contributed by atoms with E-state index in [4.69, 9.17) is 40.1 Å². The first kappa shape index (κ1) is 46.6. The number of carbonyl (C=O) groups is 6. The molecular formula is C32H61N15O7. The van der Waals surface area contributed by atoms with Crippen molar-refractivity contribution in [2.24, 2.45) is 55.1 Å². The minimum atomic E-state index is -1.40. The van der Waals surface area contributed by atoms with E-state index in [1.165, 1.54) is 0 Å². The highest BCUT2D eigenvalue weighted by Crippen LogP contribution is 2.18. The van der Waals surface area contributed by atoms with Crippen molar-refractivity contribution in [3.63, 3.8) is 0 Å². The monoisotopic (exact) mass is 767 g/mol. The smallest absolute Gasteiger partial charge is 0.326 e. The third-order valence-electron chi connectivity index (χ3n) is 8.51. The van der Waals surface area contributed by atoms with E-state index >= 15 is 0 Å². The van der Waals surface area contributed by atoms with Crippen molar-refractivity contribution in [2.45, 2.75) is 127 Å². The molecule has 0 aromatic carbocycles. The molecule has 54 heavy (non-hydrogen) atoms. The number of aliphatic imine (C=N–C) groups is 3. The van der Waals surface area contributed by atoms with Gasteiger partial charge in [-0.3, -0.25) is 38.9 Å². The second-order valence-corrected chi connectivity index (χ2v) is 13.2. The largest absolute Gasteiger partial charge is 0.480 e. The Hall–Kier alpha value is -5.41. The fourth-order valence-corrected chi connectivity index (χ4v) is 5.67. The third-order valence-corrected chi connectivity index (χ3v) is 8.51. The average Bonchev–Trinajstić information content (AvgIpc) is 3.09. The van der Waals surface area contributed by atoms with E-state index in [1.807, 2.05) is 0 Å². The van der Waals surface area contributed by atoms with Crippen LogP contribution in [0.5, 0.6) is 0 Å². The molecule has 1 saturated carbocycles. The lowest BCUT2D eigenvalue weighted by Crippen LogP contribution is -2.59. The number of carboxylic acid groups (broad SMARTS) is 1. The Morgan fingerprint density at radius 1 is 0.574 bits per heavy atom. The molecule has 1 fully saturated rings. The van der Waals surface area contributed by atoms with Crippen LogP contribution in [0.25, 0.3) is 0 Å². The molecule has 1 aliphatic carbocycles. The van der Waals surface area contributed by atoms with Crippen LogP contribution in [0.1, 0.15) is 90.4 Å². The molecule has 0 saturated heterocycles. The lowest BCUT2D eigenvalue weighted by Gasteiger charge is -2.28. The standard InChI is InChI=1S/C32H61N15O7/c1-18(43-19-8-3-2-4-9-19)25(49)44-20(10-5-15-40-30(34)35)26(50)46-22(13-14-24(33)48)28(52)45-21(11-6-16-41-31(36)37)27(51)47-23(29(53)54)12-7-17-42-32(38)39/h18-23,43H,2-17H2,1H3,(H2,33,48)(H,44,49)(H,45,52)(H,46,50)(H,47,51)(H,53,54)(H4,34,35,40)(H4,36,37,41)(H4,38,39,42)/t18-,20+,21+,22+,23+/m0/s1. The van der Waals surface area contributed by atoms with E-state index < -0.39 is 65.7 Å². The number of amides is 5. The summed E-state index contributed by atoms with van der Waals surface area (Å²) in [5, 5.41) is 23.3. The number of nitrogens with two attached hydrogens (primary N) is 7. The minimum Gasteiger partial charge on any atom is -0.480 e. The van der Waals surface area contributed by atoms with Crippen molar-refractivity contribution in [1.82, 2.24) is 26.6 Å². The highest BCUT2D eigenvalue weighted by atomic mass is 16.4. The summed E-state index contributed by atoms with van der Waals surface area (Å²) in [7, 11) is 0. The molecule has 306 valence electrons. The molecule has 0 spiro atoms. The molecule has 0 unspecified atom stereocenters. The lowest BCUT2D eigenvalue weighted by molar-refractivity contribution is -0.142. The molecule has 0 aromatic rings. The van der Waals surface area contributed by atoms with Crippen LogP contribution >= 0.6 is 0 Å². The van der Waals surface area contributed by atoms with Gasteiger partial charge in [0.2, 0.25) is 29.5 Å². The Morgan fingerprint density at radius 3 is 1.33 bits per heavy atom. The van der Waals surface area contributed by atoms with Gasteiger partial charge in [0.25, 0.3) is 0 Å². The highest BCUT2D eigenvalue weighted by molar-refractivity contribution is 5.95. The fraction of sp³-hybridized carbons (Fsp3) is 0.719. The Morgan fingerprint density at radius 2 is 0.944 bits per heavy atom. The van der Waals surface area contributed by atoms with E-state index in [-0.39, 0.29) is 94.9 Å². The SMILES string of the molecule is C[C@H](NC1CCCCC1)C(=O)N[C@H](CCCN=C(N)N)C(=O)N[C@H](CCC(N)=O)C(=O)N[C@H](CCCN=C(N)N)C(=O)N[C@H](CCCN=C(N)N)C(=O)O. The fourth-order valence-electron chi connectivity index (χ4n) is 5.67. The van der Waals surface area contributed by atoms with Crippen LogP contribution < -0.4 is 66.7 Å². The van der Waals surface area contributed by atoms with Crippen molar-refractivity contribution in [2.75, 3.05) is 19.6 Å². The summed E-state index contributed by atoms with van der Waals surface area (Å²) in [6.07, 6.45) is 5.23. The predicted molar refractivity (Wildman–Crippen MR) is 203 cm³/mol. The van der Waals surface area contributed by atoms with Gasteiger partial charge in [0, 0.05) is 32.1 Å². The topological polar surface area (TPSA) is 402 Å². The van der Waals surface area contributed by atoms with Gasteiger partial charge >= 0.3 is 5.97 Å². The lowest BCUT2D eigenvalue weighted by atomic mass is 9.95. The molecule has 5 amide bonds. The number of aliphatic carboxylic acids is 1.